The quantitative estimate of drug-likeness (QED) is 0.563. The number of hydrogen-bond acceptors (Lipinski definition) is 3. The lowest BCUT2D eigenvalue weighted by Gasteiger charge is -2.37. The third-order valence-electron chi connectivity index (χ3n) is 3.32. The zero-order valence-electron chi connectivity index (χ0n) is 10.8. The number of rotatable bonds is 2. The van der Waals surface area contributed by atoms with Gasteiger partial charge in [0.2, 0.25) is 0 Å². The van der Waals surface area contributed by atoms with Gasteiger partial charge in [-0.1, -0.05) is 0 Å². The molecule has 2 fully saturated rings. The Morgan fingerprint density at radius 1 is 1.35 bits per heavy atom. The molecule has 5 nitrogen and oxygen atoms in total. The molecule has 2 aliphatic rings. The van der Waals surface area contributed by atoms with Crippen molar-refractivity contribution in [2.75, 3.05) is 39.9 Å². The van der Waals surface area contributed by atoms with Gasteiger partial charge in [-0.05, 0) is 19.8 Å². The van der Waals surface area contributed by atoms with E-state index in [1.165, 1.54) is 0 Å². The SMILES string of the molecule is CCNC(=NC)N1CCOC(C2CCCO2)C1. The molecule has 0 aromatic rings. The van der Waals surface area contributed by atoms with E-state index in [0.29, 0.717) is 0 Å². The first kappa shape index (κ1) is 12.6. The molecule has 0 aromatic heterocycles. The second-order valence-corrected chi connectivity index (χ2v) is 4.48. The number of nitrogens with zero attached hydrogens (tertiary/aromatic N) is 2. The molecule has 0 spiro atoms. The maximum absolute atomic E-state index is 5.82. The van der Waals surface area contributed by atoms with E-state index in [1.807, 2.05) is 7.05 Å². The number of guanidine groups is 1. The van der Waals surface area contributed by atoms with Crippen LogP contribution in [0, 0.1) is 0 Å². The van der Waals surface area contributed by atoms with Gasteiger partial charge in [0.05, 0.1) is 12.7 Å². The van der Waals surface area contributed by atoms with Gasteiger partial charge in [-0.15, -0.1) is 0 Å². The molecule has 17 heavy (non-hydrogen) atoms. The molecule has 0 radical (unpaired) electrons. The van der Waals surface area contributed by atoms with Crippen molar-refractivity contribution in [3.05, 3.63) is 0 Å². The Labute approximate surface area is 103 Å². The topological polar surface area (TPSA) is 46.1 Å². The van der Waals surface area contributed by atoms with E-state index in [0.717, 1.165) is 51.6 Å². The highest BCUT2D eigenvalue weighted by atomic mass is 16.5. The Morgan fingerprint density at radius 2 is 2.18 bits per heavy atom. The number of morpholine rings is 1. The van der Waals surface area contributed by atoms with E-state index < -0.39 is 0 Å². The zero-order chi connectivity index (χ0) is 12.1. The minimum absolute atomic E-state index is 0.196. The van der Waals surface area contributed by atoms with Crippen molar-refractivity contribution in [1.82, 2.24) is 10.2 Å². The lowest BCUT2D eigenvalue weighted by atomic mass is 10.1. The molecule has 0 aromatic carbocycles. The molecule has 5 heteroatoms. The molecule has 98 valence electrons. The van der Waals surface area contributed by atoms with Crippen LogP contribution in [0.25, 0.3) is 0 Å². The molecule has 2 heterocycles. The van der Waals surface area contributed by atoms with E-state index in [9.17, 15) is 0 Å². The molecule has 2 aliphatic heterocycles. The Bertz CT molecular complexity index is 264. The molecular weight excluding hydrogens is 218 g/mol. The minimum Gasteiger partial charge on any atom is -0.375 e. The third-order valence-corrected chi connectivity index (χ3v) is 3.32. The first-order chi connectivity index (χ1) is 8.35. The molecule has 2 saturated heterocycles. The predicted molar refractivity (Wildman–Crippen MR) is 67.3 cm³/mol. The van der Waals surface area contributed by atoms with Crippen LogP contribution in [0.5, 0.6) is 0 Å². The van der Waals surface area contributed by atoms with Gasteiger partial charge in [-0.3, -0.25) is 4.99 Å². The molecular formula is C12H23N3O2. The van der Waals surface area contributed by atoms with Crippen molar-refractivity contribution in [2.45, 2.75) is 32.0 Å². The molecule has 0 amide bonds. The molecule has 0 saturated carbocycles. The highest BCUT2D eigenvalue weighted by molar-refractivity contribution is 5.79. The fourth-order valence-corrected chi connectivity index (χ4v) is 2.48. The fraction of sp³-hybridized carbons (Fsp3) is 0.917. The molecule has 2 atom stereocenters. The number of aliphatic imine (C=N–C) groups is 1. The molecule has 1 N–H and O–H groups in total. The van der Waals surface area contributed by atoms with Crippen molar-refractivity contribution in [2.24, 2.45) is 4.99 Å². The van der Waals surface area contributed by atoms with Gasteiger partial charge < -0.3 is 19.7 Å². The summed E-state index contributed by atoms with van der Waals surface area (Å²) >= 11 is 0. The first-order valence-corrected chi connectivity index (χ1v) is 6.54. The largest absolute Gasteiger partial charge is 0.375 e. The van der Waals surface area contributed by atoms with E-state index in [2.05, 4.69) is 22.1 Å². The van der Waals surface area contributed by atoms with E-state index in [1.54, 1.807) is 0 Å². The maximum atomic E-state index is 5.82. The highest BCUT2D eigenvalue weighted by Crippen LogP contribution is 2.20. The number of hydrogen-bond donors (Lipinski definition) is 1. The summed E-state index contributed by atoms with van der Waals surface area (Å²) in [5, 5.41) is 3.29. The average molecular weight is 241 g/mol. The lowest BCUT2D eigenvalue weighted by Crippen LogP contribution is -2.53. The van der Waals surface area contributed by atoms with Crippen LogP contribution in [-0.4, -0.2) is 63.0 Å². The standard InChI is InChI=1S/C12H23N3O2/c1-3-14-12(13-2)15-6-8-17-11(9-15)10-5-4-7-16-10/h10-11H,3-9H2,1-2H3,(H,13,14). The molecule has 0 bridgehead atoms. The third kappa shape index (κ3) is 3.10. The van der Waals surface area contributed by atoms with E-state index in [4.69, 9.17) is 9.47 Å². The average Bonchev–Trinajstić information content (AvgIpc) is 2.90. The van der Waals surface area contributed by atoms with Gasteiger partial charge in [0, 0.05) is 33.3 Å². The Morgan fingerprint density at radius 3 is 2.82 bits per heavy atom. The summed E-state index contributed by atoms with van der Waals surface area (Å²) < 4.78 is 11.5. The van der Waals surface area contributed by atoms with Crippen molar-refractivity contribution in [3.63, 3.8) is 0 Å². The minimum atomic E-state index is 0.196. The smallest absolute Gasteiger partial charge is 0.193 e. The van der Waals surface area contributed by atoms with Crippen LogP contribution in [0.1, 0.15) is 19.8 Å². The van der Waals surface area contributed by atoms with E-state index >= 15 is 0 Å². The molecule has 2 rings (SSSR count). The van der Waals surface area contributed by atoms with Crippen LogP contribution < -0.4 is 5.32 Å². The highest BCUT2D eigenvalue weighted by Gasteiger charge is 2.31. The lowest BCUT2D eigenvalue weighted by molar-refractivity contribution is -0.0816. The van der Waals surface area contributed by atoms with E-state index in [-0.39, 0.29) is 12.2 Å². The summed E-state index contributed by atoms with van der Waals surface area (Å²) in [6, 6.07) is 0. The summed E-state index contributed by atoms with van der Waals surface area (Å²) in [6.07, 6.45) is 2.75. The predicted octanol–water partition coefficient (Wildman–Crippen LogP) is 0.462. The van der Waals surface area contributed by atoms with Crippen LogP contribution in [-0.2, 0) is 9.47 Å². The van der Waals surface area contributed by atoms with Crippen LogP contribution in [0.3, 0.4) is 0 Å². The first-order valence-electron chi connectivity index (χ1n) is 6.54. The monoisotopic (exact) mass is 241 g/mol. The van der Waals surface area contributed by atoms with Crippen LogP contribution in [0.15, 0.2) is 4.99 Å². The van der Waals surface area contributed by atoms with Crippen LogP contribution >= 0.6 is 0 Å². The molecule has 0 aliphatic carbocycles. The Hall–Kier alpha value is -0.810. The van der Waals surface area contributed by atoms with Gasteiger partial charge in [-0.25, -0.2) is 0 Å². The maximum Gasteiger partial charge on any atom is 0.193 e. The normalized spacial score (nSPS) is 30.7. The molecule has 2 unspecified atom stereocenters. The van der Waals surface area contributed by atoms with Crippen molar-refractivity contribution < 1.29 is 9.47 Å². The van der Waals surface area contributed by atoms with Crippen molar-refractivity contribution in [1.29, 1.82) is 0 Å². The van der Waals surface area contributed by atoms with Gasteiger partial charge in [0.1, 0.15) is 6.10 Å². The summed E-state index contributed by atoms with van der Waals surface area (Å²) in [5.41, 5.74) is 0. The number of ether oxygens (including phenoxy) is 2. The Balaban J connectivity index is 1.91. The summed E-state index contributed by atoms with van der Waals surface area (Å²) in [6.45, 7) is 6.41. The number of nitrogens with one attached hydrogen (secondary N) is 1. The second-order valence-electron chi connectivity index (χ2n) is 4.48. The van der Waals surface area contributed by atoms with Gasteiger partial charge >= 0.3 is 0 Å². The van der Waals surface area contributed by atoms with Crippen LogP contribution in [0.4, 0.5) is 0 Å². The zero-order valence-corrected chi connectivity index (χ0v) is 10.8. The van der Waals surface area contributed by atoms with Crippen LogP contribution in [0.2, 0.25) is 0 Å². The van der Waals surface area contributed by atoms with Gasteiger partial charge in [0.15, 0.2) is 5.96 Å². The van der Waals surface area contributed by atoms with Gasteiger partial charge in [-0.2, -0.15) is 0 Å². The second kappa shape index (κ2) is 6.21. The Kier molecular flexibility index (Phi) is 4.62. The summed E-state index contributed by atoms with van der Waals surface area (Å²) in [7, 11) is 1.83. The fourth-order valence-electron chi connectivity index (χ4n) is 2.48. The van der Waals surface area contributed by atoms with Crippen molar-refractivity contribution >= 4 is 5.96 Å². The van der Waals surface area contributed by atoms with Gasteiger partial charge in [0.25, 0.3) is 0 Å². The summed E-state index contributed by atoms with van der Waals surface area (Å²) in [4.78, 5) is 6.56. The summed E-state index contributed by atoms with van der Waals surface area (Å²) in [5.74, 6) is 0.971. The van der Waals surface area contributed by atoms with Crippen molar-refractivity contribution in [3.8, 4) is 0 Å².